The molecule has 2 aromatic rings. The van der Waals surface area contributed by atoms with Crippen molar-refractivity contribution in [3.63, 3.8) is 0 Å². The molecule has 1 atom stereocenters. The molecule has 0 fully saturated rings. The third-order valence-electron chi connectivity index (χ3n) is 4.50. The van der Waals surface area contributed by atoms with Gasteiger partial charge in [-0.05, 0) is 55.5 Å². The zero-order valence-electron chi connectivity index (χ0n) is 17.2. The number of carbonyl (C=O) groups excluding carboxylic acids is 1. The second-order valence-corrected chi connectivity index (χ2v) is 9.42. The molecule has 0 bridgehead atoms. The van der Waals surface area contributed by atoms with Crippen molar-refractivity contribution in [2.24, 2.45) is 0 Å². The van der Waals surface area contributed by atoms with Gasteiger partial charge in [0.25, 0.3) is 0 Å². The van der Waals surface area contributed by atoms with Crippen LogP contribution < -0.4 is 14.8 Å². The Labute approximate surface area is 177 Å². The lowest BCUT2D eigenvalue weighted by Crippen LogP contribution is -2.46. The Hall–Kier alpha value is -2.03. The van der Waals surface area contributed by atoms with Crippen LogP contribution in [0.3, 0.4) is 0 Å². The quantitative estimate of drug-likeness (QED) is 0.598. The number of hydrogen-bond acceptors (Lipinski definition) is 5. The Bertz CT molecular complexity index is 945. The first-order chi connectivity index (χ1) is 13.8. The highest BCUT2D eigenvalue weighted by Gasteiger charge is 2.26. The number of rotatable bonds is 10. The van der Waals surface area contributed by atoms with Crippen molar-refractivity contribution in [3.8, 4) is 5.75 Å². The molecule has 0 radical (unpaired) electrons. The molecule has 0 aliphatic heterocycles. The molecule has 2 rings (SSSR count). The maximum Gasteiger partial charge on any atom is 0.241 e. The highest BCUT2D eigenvalue weighted by molar-refractivity contribution is 7.98. The van der Waals surface area contributed by atoms with E-state index in [1.807, 2.05) is 43.5 Å². The molecule has 0 aromatic heterocycles. The Morgan fingerprint density at radius 2 is 1.90 bits per heavy atom. The standard InChI is InChI=1S/C21H28N2O4S2/c1-15-9-10-16(2)20(13-15)29(25,26)23-18(11-12-28-4)21(24)22-14-17-7-5-6-8-19(17)27-3/h5-10,13,18,23H,11-12,14H2,1-4H3,(H,22,24). The zero-order valence-corrected chi connectivity index (χ0v) is 18.8. The number of benzene rings is 2. The van der Waals surface area contributed by atoms with E-state index in [1.54, 1.807) is 37.9 Å². The Balaban J connectivity index is 2.17. The van der Waals surface area contributed by atoms with Gasteiger partial charge in [-0.25, -0.2) is 8.42 Å². The first kappa shape index (κ1) is 23.3. The Kier molecular flexibility index (Phi) is 8.55. The molecule has 0 heterocycles. The van der Waals surface area contributed by atoms with Crippen LogP contribution in [-0.2, 0) is 21.4 Å². The fraction of sp³-hybridized carbons (Fsp3) is 0.381. The van der Waals surface area contributed by atoms with E-state index in [-0.39, 0.29) is 17.3 Å². The van der Waals surface area contributed by atoms with Crippen molar-refractivity contribution < 1.29 is 17.9 Å². The molecule has 0 aliphatic carbocycles. The van der Waals surface area contributed by atoms with Gasteiger partial charge in [-0.3, -0.25) is 4.79 Å². The third-order valence-corrected chi connectivity index (χ3v) is 6.76. The van der Waals surface area contributed by atoms with Crippen LogP contribution in [0.4, 0.5) is 0 Å². The Morgan fingerprint density at radius 1 is 1.17 bits per heavy atom. The lowest BCUT2D eigenvalue weighted by atomic mass is 10.2. The van der Waals surface area contributed by atoms with E-state index in [9.17, 15) is 13.2 Å². The van der Waals surface area contributed by atoms with Gasteiger partial charge in [0.2, 0.25) is 15.9 Å². The number of hydrogen-bond donors (Lipinski definition) is 2. The van der Waals surface area contributed by atoms with Crippen LogP contribution in [0.15, 0.2) is 47.4 Å². The summed E-state index contributed by atoms with van der Waals surface area (Å²) in [4.78, 5) is 13.0. The number of ether oxygens (including phenoxy) is 1. The molecule has 0 saturated carbocycles. The van der Waals surface area contributed by atoms with Crippen molar-refractivity contribution in [2.45, 2.75) is 37.8 Å². The van der Waals surface area contributed by atoms with E-state index < -0.39 is 16.1 Å². The second kappa shape index (κ2) is 10.7. The van der Waals surface area contributed by atoms with Gasteiger partial charge in [0.05, 0.1) is 12.0 Å². The van der Waals surface area contributed by atoms with E-state index in [2.05, 4.69) is 10.0 Å². The molecule has 2 aromatic carbocycles. The average molecular weight is 437 g/mol. The molecule has 158 valence electrons. The molecule has 29 heavy (non-hydrogen) atoms. The van der Waals surface area contributed by atoms with E-state index >= 15 is 0 Å². The molecule has 6 nitrogen and oxygen atoms in total. The minimum absolute atomic E-state index is 0.198. The summed E-state index contributed by atoms with van der Waals surface area (Å²) in [5, 5.41) is 2.83. The van der Waals surface area contributed by atoms with Gasteiger partial charge >= 0.3 is 0 Å². The average Bonchev–Trinajstić information content (AvgIpc) is 2.71. The van der Waals surface area contributed by atoms with Crippen molar-refractivity contribution in [3.05, 3.63) is 59.2 Å². The largest absolute Gasteiger partial charge is 0.496 e. The van der Waals surface area contributed by atoms with Crippen LogP contribution in [0.2, 0.25) is 0 Å². The molecule has 8 heteroatoms. The topological polar surface area (TPSA) is 84.5 Å². The summed E-state index contributed by atoms with van der Waals surface area (Å²) in [6.07, 6.45) is 2.31. The van der Waals surface area contributed by atoms with Crippen molar-refractivity contribution in [2.75, 3.05) is 19.1 Å². The number of carbonyl (C=O) groups is 1. The van der Waals surface area contributed by atoms with Gasteiger partial charge in [0.15, 0.2) is 0 Å². The molecule has 0 aliphatic rings. The van der Waals surface area contributed by atoms with Gasteiger partial charge < -0.3 is 10.1 Å². The zero-order chi connectivity index (χ0) is 21.4. The minimum atomic E-state index is -3.83. The van der Waals surface area contributed by atoms with Gasteiger partial charge in [-0.1, -0.05) is 30.3 Å². The predicted octanol–water partition coefficient (Wildman–Crippen LogP) is 3.03. The van der Waals surface area contributed by atoms with Crippen LogP contribution in [0.5, 0.6) is 5.75 Å². The van der Waals surface area contributed by atoms with E-state index in [4.69, 9.17) is 4.74 Å². The number of para-hydroxylation sites is 1. The SMILES string of the molecule is COc1ccccc1CNC(=O)C(CCSC)NS(=O)(=O)c1cc(C)ccc1C. The number of thioether (sulfide) groups is 1. The molecular weight excluding hydrogens is 408 g/mol. The molecule has 1 unspecified atom stereocenters. The number of methoxy groups -OCH3 is 1. The normalized spacial score (nSPS) is 12.4. The molecule has 1 amide bonds. The summed E-state index contributed by atoms with van der Waals surface area (Å²) in [6.45, 7) is 3.83. The lowest BCUT2D eigenvalue weighted by molar-refractivity contribution is -0.122. The Morgan fingerprint density at radius 3 is 2.59 bits per heavy atom. The maximum absolute atomic E-state index is 12.9. The summed E-state index contributed by atoms with van der Waals surface area (Å²) in [5.74, 6) is 0.963. The first-order valence-electron chi connectivity index (χ1n) is 9.26. The number of nitrogens with one attached hydrogen (secondary N) is 2. The monoisotopic (exact) mass is 436 g/mol. The van der Waals surface area contributed by atoms with Crippen LogP contribution in [-0.4, -0.2) is 39.5 Å². The van der Waals surface area contributed by atoms with E-state index in [0.717, 1.165) is 11.1 Å². The summed E-state index contributed by atoms with van der Waals surface area (Å²) >= 11 is 1.56. The molecule has 0 saturated heterocycles. The summed E-state index contributed by atoms with van der Waals surface area (Å²) in [5.41, 5.74) is 2.31. The van der Waals surface area contributed by atoms with E-state index in [0.29, 0.717) is 23.5 Å². The minimum Gasteiger partial charge on any atom is -0.496 e. The highest BCUT2D eigenvalue weighted by Crippen LogP contribution is 2.19. The summed E-state index contributed by atoms with van der Waals surface area (Å²) < 4.78 is 33.8. The molecule has 0 spiro atoms. The fourth-order valence-electron chi connectivity index (χ4n) is 2.88. The summed E-state index contributed by atoms with van der Waals surface area (Å²) in [7, 11) is -2.26. The van der Waals surface area contributed by atoms with Gasteiger partial charge in [-0.15, -0.1) is 0 Å². The number of amides is 1. The number of sulfonamides is 1. The van der Waals surface area contributed by atoms with Crippen LogP contribution in [0.1, 0.15) is 23.1 Å². The smallest absolute Gasteiger partial charge is 0.241 e. The van der Waals surface area contributed by atoms with Crippen molar-refractivity contribution >= 4 is 27.7 Å². The summed E-state index contributed by atoms with van der Waals surface area (Å²) in [6, 6.07) is 11.8. The van der Waals surface area contributed by atoms with Gasteiger partial charge in [0.1, 0.15) is 11.8 Å². The third kappa shape index (κ3) is 6.48. The molecular formula is C21H28N2O4S2. The van der Waals surface area contributed by atoms with Crippen LogP contribution >= 0.6 is 11.8 Å². The van der Waals surface area contributed by atoms with Crippen molar-refractivity contribution in [1.29, 1.82) is 0 Å². The predicted molar refractivity (Wildman–Crippen MR) is 118 cm³/mol. The van der Waals surface area contributed by atoms with Crippen LogP contribution in [0.25, 0.3) is 0 Å². The van der Waals surface area contributed by atoms with E-state index in [1.165, 1.54) is 0 Å². The van der Waals surface area contributed by atoms with Gasteiger partial charge in [-0.2, -0.15) is 16.5 Å². The second-order valence-electron chi connectivity index (χ2n) is 6.75. The fourth-order valence-corrected chi connectivity index (χ4v) is 4.91. The molecule has 2 N–H and O–H groups in total. The number of aryl methyl sites for hydroxylation is 2. The van der Waals surface area contributed by atoms with Crippen LogP contribution in [0, 0.1) is 13.8 Å². The highest BCUT2D eigenvalue weighted by atomic mass is 32.2. The lowest BCUT2D eigenvalue weighted by Gasteiger charge is -2.19. The first-order valence-corrected chi connectivity index (χ1v) is 12.1. The maximum atomic E-state index is 12.9. The van der Waals surface area contributed by atoms with Gasteiger partial charge in [0, 0.05) is 12.1 Å². The van der Waals surface area contributed by atoms with Crippen molar-refractivity contribution in [1.82, 2.24) is 10.0 Å².